The molecule has 1 atom stereocenters. The number of urea groups is 1. The number of carbonyl (C=O) groups is 2. The molecule has 186 valence electrons. The fourth-order valence-corrected chi connectivity index (χ4v) is 5.03. The van der Waals surface area contributed by atoms with Crippen molar-refractivity contribution in [3.63, 3.8) is 0 Å². The summed E-state index contributed by atoms with van der Waals surface area (Å²) in [5, 5.41) is 3.04. The smallest absolute Gasteiger partial charge is 0.326 e. The first kappa shape index (κ1) is 24.0. The maximum atomic E-state index is 13.9. The van der Waals surface area contributed by atoms with Crippen LogP contribution in [0.4, 0.5) is 10.5 Å². The summed E-state index contributed by atoms with van der Waals surface area (Å²) in [7, 11) is 1.93. The molecule has 2 saturated heterocycles. The highest BCUT2D eigenvalue weighted by molar-refractivity contribution is 6.07. The number of rotatable bonds is 8. The SMILES string of the molecule is CN(Cc1ccc(N2CCOCC2)cc1)CN1C(=O)NC(Cc2ccccc2)(c2ccccc2)C1=O. The molecule has 2 aliphatic rings. The molecule has 0 aliphatic carbocycles. The van der Waals surface area contributed by atoms with Gasteiger partial charge in [-0.05, 0) is 35.9 Å². The monoisotopic (exact) mass is 484 g/mol. The standard InChI is InChI=1S/C29H32N4O3/c1-31(21-24-12-14-26(15-13-24)32-16-18-36-19-17-32)22-33-27(34)29(30-28(33)35,25-10-6-3-7-11-25)20-23-8-4-2-5-9-23/h2-15H,16-22H2,1H3,(H,30,35). The van der Waals surface area contributed by atoms with Crippen LogP contribution in [0.5, 0.6) is 0 Å². The van der Waals surface area contributed by atoms with E-state index < -0.39 is 5.54 Å². The zero-order chi connectivity index (χ0) is 25.0. The van der Waals surface area contributed by atoms with Crippen LogP contribution >= 0.6 is 0 Å². The summed E-state index contributed by atoms with van der Waals surface area (Å²) in [6, 6.07) is 27.4. The molecule has 0 aromatic heterocycles. The third kappa shape index (κ3) is 4.98. The molecule has 0 radical (unpaired) electrons. The first-order valence-corrected chi connectivity index (χ1v) is 12.4. The topological polar surface area (TPSA) is 65.1 Å². The van der Waals surface area contributed by atoms with Crippen LogP contribution in [-0.4, -0.2) is 61.8 Å². The van der Waals surface area contributed by atoms with Crippen molar-refractivity contribution >= 4 is 17.6 Å². The second-order valence-corrected chi connectivity index (χ2v) is 9.52. The molecule has 0 bridgehead atoms. The van der Waals surface area contributed by atoms with Crippen molar-refractivity contribution in [1.29, 1.82) is 0 Å². The van der Waals surface area contributed by atoms with Gasteiger partial charge in [-0.1, -0.05) is 72.8 Å². The Balaban J connectivity index is 1.30. The lowest BCUT2D eigenvalue weighted by Gasteiger charge is -2.29. The highest BCUT2D eigenvalue weighted by Gasteiger charge is 2.52. The number of benzene rings is 3. The number of nitrogens with zero attached hydrogens (tertiary/aromatic N) is 3. The third-order valence-corrected chi connectivity index (χ3v) is 6.90. The van der Waals surface area contributed by atoms with E-state index >= 15 is 0 Å². The van der Waals surface area contributed by atoms with E-state index in [4.69, 9.17) is 4.74 Å². The van der Waals surface area contributed by atoms with Gasteiger partial charge in [-0.2, -0.15) is 0 Å². The average molecular weight is 485 g/mol. The molecule has 1 N–H and O–H groups in total. The van der Waals surface area contributed by atoms with Crippen molar-refractivity contribution in [2.24, 2.45) is 0 Å². The largest absolute Gasteiger partial charge is 0.378 e. The van der Waals surface area contributed by atoms with Gasteiger partial charge in [0.25, 0.3) is 5.91 Å². The first-order chi connectivity index (χ1) is 17.5. The van der Waals surface area contributed by atoms with Gasteiger partial charge in [0.05, 0.1) is 19.9 Å². The third-order valence-electron chi connectivity index (χ3n) is 6.90. The summed E-state index contributed by atoms with van der Waals surface area (Å²) < 4.78 is 5.44. The number of hydrogen-bond acceptors (Lipinski definition) is 5. The molecule has 0 spiro atoms. The van der Waals surface area contributed by atoms with Crippen molar-refractivity contribution in [2.75, 3.05) is 44.9 Å². The van der Waals surface area contributed by atoms with Gasteiger partial charge in [0, 0.05) is 31.7 Å². The Morgan fingerprint density at radius 3 is 2.17 bits per heavy atom. The summed E-state index contributed by atoms with van der Waals surface area (Å²) >= 11 is 0. The number of hydrogen-bond donors (Lipinski definition) is 1. The van der Waals surface area contributed by atoms with Crippen LogP contribution in [0.2, 0.25) is 0 Å². The number of carbonyl (C=O) groups excluding carboxylic acids is 2. The Morgan fingerprint density at radius 1 is 0.861 bits per heavy atom. The first-order valence-electron chi connectivity index (χ1n) is 12.4. The predicted octanol–water partition coefficient (Wildman–Crippen LogP) is 3.60. The molecular weight excluding hydrogens is 452 g/mol. The quantitative estimate of drug-likeness (QED) is 0.495. The zero-order valence-corrected chi connectivity index (χ0v) is 20.6. The summed E-state index contributed by atoms with van der Waals surface area (Å²) in [5.41, 5.74) is 2.97. The molecule has 1 unspecified atom stereocenters. The highest BCUT2D eigenvalue weighted by Crippen LogP contribution is 2.33. The van der Waals surface area contributed by atoms with Gasteiger partial charge in [-0.3, -0.25) is 9.69 Å². The van der Waals surface area contributed by atoms with E-state index in [1.807, 2.05) is 72.6 Å². The number of ether oxygens (including phenoxy) is 1. The van der Waals surface area contributed by atoms with Crippen LogP contribution in [0, 0.1) is 0 Å². The molecular formula is C29H32N4O3. The summed E-state index contributed by atoms with van der Waals surface area (Å²) in [4.78, 5) is 32.6. The van der Waals surface area contributed by atoms with Gasteiger partial charge in [-0.15, -0.1) is 0 Å². The Labute approximate surface area is 212 Å². The maximum Gasteiger partial charge on any atom is 0.326 e. The molecule has 3 aromatic rings. The van der Waals surface area contributed by atoms with Crippen LogP contribution in [0.3, 0.4) is 0 Å². The molecule has 7 heteroatoms. The molecule has 2 aliphatic heterocycles. The predicted molar refractivity (Wildman–Crippen MR) is 139 cm³/mol. The van der Waals surface area contributed by atoms with E-state index in [-0.39, 0.29) is 18.6 Å². The van der Waals surface area contributed by atoms with Crippen molar-refractivity contribution in [3.8, 4) is 0 Å². The molecule has 7 nitrogen and oxygen atoms in total. The molecule has 2 heterocycles. The lowest BCUT2D eigenvalue weighted by atomic mass is 9.83. The fraction of sp³-hybridized carbons (Fsp3) is 0.310. The Hall–Kier alpha value is -3.68. The van der Waals surface area contributed by atoms with E-state index in [2.05, 4.69) is 34.5 Å². The van der Waals surface area contributed by atoms with Gasteiger partial charge in [0.1, 0.15) is 0 Å². The molecule has 2 fully saturated rings. The number of amides is 3. The van der Waals surface area contributed by atoms with Crippen LogP contribution < -0.4 is 10.2 Å². The van der Waals surface area contributed by atoms with Crippen molar-refractivity contribution in [1.82, 2.24) is 15.1 Å². The second-order valence-electron chi connectivity index (χ2n) is 9.52. The van der Waals surface area contributed by atoms with Crippen LogP contribution in [-0.2, 0) is 28.0 Å². The van der Waals surface area contributed by atoms with Crippen molar-refractivity contribution in [3.05, 3.63) is 102 Å². The minimum Gasteiger partial charge on any atom is -0.378 e. The second kappa shape index (κ2) is 10.5. The van der Waals surface area contributed by atoms with Gasteiger partial charge in [0.2, 0.25) is 0 Å². The minimum absolute atomic E-state index is 0.208. The fourth-order valence-electron chi connectivity index (χ4n) is 5.03. The lowest BCUT2D eigenvalue weighted by Crippen LogP contribution is -2.46. The molecule has 3 aromatic carbocycles. The average Bonchev–Trinajstić information content (AvgIpc) is 3.15. The van der Waals surface area contributed by atoms with E-state index in [1.54, 1.807) is 0 Å². The lowest BCUT2D eigenvalue weighted by molar-refractivity contribution is -0.133. The van der Waals surface area contributed by atoms with Gasteiger partial charge in [-0.25, -0.2) is 9.69 Å². The van der Waals surface area contributed by atoms with Gasteiger partial charge >= 0.3 is 6.03 Å². The minimum atomic E-state index is -1.12. The van der Waals surface area contributed by atoms with Crippen LogP contribution in [0.25, 0.3) is 0 Å². The van der Waals surface area contributed by atoms with E-state index in [0.29, 0.717) is 13.0 Å². The number of anilines is 1. The normalized spacial score (nSPS) is 20.2. The summed E-state index contributed by atoms with van der Waals surface area (Å²) in [6.45, 7) is 4.14. The van der Waals surface area contributed by atoms with Crippen molar-refractivity contribution < 1.29 is 14.3 Å². The molecule has 36 heavy (non-hydrogen) atoms. The Morgan fingerprint density at radius 2 is 1.50 bits per heavy atom. The van der Waals surface area contributed by atoms with Gasteiger partial charge < -0.3 is 15.0 Å². The van der Waals surface area contributed by atoms with E-state index in [9.17, 15) is 9.59 Å². The number of nitrogens with one attached hydrogen (secondary N) is 1. The molecule has 5 rings (SSSR count). The molecule has 3 amide bonds. The summed E-state index contributed by atoms with van der Waals surface area (Å²) in [6.07, 6.45) is 0.394. The van der Waals surface area contributed by atoms with E-state index in [1.165, 1.54) is 10.6 Å². The van der Waals surface area contributed by atoms with Crippen molar-refractivity contribution in [2.45, 2.75) is 18.5 Å². The number of morpholine rings is 1. The van der Waals surface area contributed by atoms with E-state index in [0.717, 1.165) is 43.0 Å². The zero-order valence-electron chi connectivity index (χ0n) is 20.6. The molecule has 0 saturated carbocycles. The highest BCUT2D eigenvalue weighted by atomic mass is 16.5. The Bertz CT molecular complexity index is 1180. The van der Waals surface area contributed by atoms with Crippen LogP contribution in [0.15, 0.2) is 84.9 Å². The van der Waals surface area contributed by atoms with Crippen LogP contribution in [0.1, 0.15) is 16.7 Å². The summed E-state index contributed by atoms with van der Waals surface area (Å²) in [5.74, 6) is -0.225. The number of imide groups is 1. The van der Waals surface area contributed by atoms with Gasteiger partial charge in [0.15, 0.2) is 5.54 Å². The Kier molecular flexibility index (Phi) is 7.02. The maximum absolute atomic E-state index is 13.9.